The van der Waals surface area contributed by atoms with Crippen molar-refractivity contribution in [2.75, 3.05) is 6.61 Å². The summed E-state index contributed by atoms with van der Waals surface area (Å²) < 4.78 is 5.13. The number of nitrogens with one attached hydrogen (secondary N) is 1. The Bertz CT molecular complexity index is 69.7. The van der Waals surface area contributed by atoms with E-state index >= 15 is 0 Å². The summed E-state index contributed by atoms with van der Waals surface area (Å²) in [6.07, 6.45) is 1.54. The zero-order valence-electron chi connectivity index (χ0n) is 7.48. The van der Waals surface area contributed by atoms with Gasteiger partial charge in [0.05, 0.1) is 6.61 Å². The Morgan fingerprint density at radius 3 is 2.00 bits per heavy atom. The molecule has 1 heterocycles. The zero-order chi connectivity index (χ0) is 7.98. The maximum Gasteiger partial charge on any atom is 0.110 e. The predicted molar refractivity (Wildman–Crippen MR) is 44.0 cm³/mol. The van der Waals surface area contributed by atoms with Crippen molar-refractivity contribution in [3.63, 3.8) is 0 Å². The van der Waals surface area contributed by atoms with Crippen LogP contribution in [0.1, 0.15) is 34.1 Å². The van der Waals surface area contributed by atoms with Gasteiger partial charge in [0, 0.05) is 12.5 Å². The highest BCUT2D eigenvalue weighted by atomic mass is 16.5. The van der Waals surface area contributed by atoms with E-state index < -0.39 is 0 Å². The summed E-state index contributed by atoms with van der Waals surface area (Å²) >= 11 is 0. The second-order valence-electron chi connectivity index (χ2n) is 2.47. The van der Waals surface area contributed by atoms with Crippen LogP contribution in [0.15, 0.2) is 0 Å². The van der Waals surface area contributed by atoms with Crippen LogP contribution in [0.25, 0.3) is 0 Å². The maximum atomic E-state index is 5.13. The Kier molecular flexibility index (Phi) is 5.64. The van der Waals surface area contributed by atoms with Crippen molar-refractivity contribution in [3.05, 3.63) is 0 Å². The van der Waals surface area contributed by atoms with E-state index in [0.717, 1.165) is 6.61 Å². The Hall–Kier alpha value is -0.0800. The fraction of sp³-hybridized carbons (Fsp3) is 1.00. The number of hydrogen-bond donors (Lipinski definition) is 1. The van der Waals surface area contributed by atoms with Crippen LogP contribution < -0.4 is 5.32 Å². The average molecular weight is 145 g/mol. The van der Waals surface area contributed by atoms with Crippen molar-refractivity contribution in [2.24, 2.45) is 0 Å². The van der Waals surface area contributed by atoms with Gasteiger partial charge in [-0.15, -0.1) is 0 Å². The molecule has 0 bridgehead atoms. The SMILES string of the molecule is CC.CC(C)NC1CCO1. The molecule has 0 radical (unpaired) electrons. The second-order valence-corrected chi connectivity index (χ2v) is 2.47. The van der Waals surface area contributed by atoms with Crippen LogP contribution in [0, 0.1) is 0 Å². The minimum atomic E-state index is 0.356. The molecule has 1 fully saturated rings. The van der Waals surface area contributed by atoms with E-state index in [1.54, 1.807) is 0 Å². The van der Waals surface area contributed by atoms with Crippen LogP contribution in [0.2, 0.25) is 0 Å². The van der Waals surface area contributed by atoms with Crippen LogP contribution >= 0.6 is 0 Å². The van der Waals surface area contributed by atoms with Gasteiger partial charge in [-0.1, -0.05) is 13.8 Å². The van der Waals surface area contributed by atoms with Gasteiger partial charge in [0.2, 0.25) is 0 Å². The van der Waals surface area contributed by atoms with Gasteiger partial charge in [-0.2, -0.15) is 0 Å². The molecule has 1 atom stereocenters. The summed E-state index contributed by atoms with van der Waals surface area (Å²) in [7, 11) is 0. The van der Waals surface area contributed by atoms with Crippen LogP contribution in [0.5, 0.6) is 0 Å². The third kappa shape index (κ3) is 3.85. The van der Waals surface area contributed by atoms with Crippen molar-refractivity contribution >= 4 is 0 Å². The van der Waals surface area contributed by atoms with Crippen molar-refractivity contribution < 1.29 is 4.74 Å². The van der Waals surface area contributed by atoms with Crippen molar-refractivity contribution in [3.8, 4) is 0 Å². The molecule has 0 aliphatic carbocycles. The van der Waals surface area contributed by atoms with Crippen LogP contribution in [0.3, 0.4) is 0 Å². The summed E-state index contributed by atoms with van der Waals surface area (Å²) in [5.74, 6) is 0. The van der Waals surface area contributed by atoms with Crippen molar-refractivity contribution in [1.82, 2.24) is 5.32 Å². The Labute approximate surface area is 64.0 Å². The smallest absolute Gasteiger partial charge is 0.110 e. The molecule has 62 valence electrons. The molecule has 10 heavy (non-hydrogen) atoms. The van der Waals surface area contributed by atoms with E-state index in [2.05, 4.69) is 19.2 Å². The molecule has 1 aliphatic heterocycles. The highest BCUT2D eigenvalue weighted by molar-refractivity contribution is 4.65. The topological polar surface area (TPSA) is 21.3 Å². The maximum absolute atomic E-state index is 5.13. The lowest BCUT2D eigenvalue weighted by Crippen LogP contribution is -2.44. The Balaban J connectivity index is 0.000000371. The molecule has 2 nitrogen and oxygen atoms in total. The molecule has 0 aromatic heterocycles. The van der Waals surface area contributed by atoms with Crippen molar-refractivity contribution in [1.29, 1.82) is 0 Å². The van der Waals surface area contributed by atoms with Crippen molar-refractivity contribution in [2.45, 2.75) is 46.4 Å². The van der Waals surface area contributed by atoms with Crippen LogP contribution in [-0.2, 0) is 4.74 Å². The molecule has 2 heteroatoms. The molecule has 0 aromatic carbocycles. The Morgan fingerprint density at radius 1 is 1.40 bits per heavy atom. The molecule has 1 saturated heterocycles. The molecule has 0 aromatic rings. The molecule has 0 spiro atoms. The van der Waals surface area contributed by atoms with Gasteiger partial charge in [-0.05, 0) is 13.8 Å². The van der Waals surface area contributed by atoms with E-state index in [4.69, 9.17) is 4.74 Å². The normalized spacial score (nSPS) is 23.1. The van der Waals surface area contributed by atoms with Gasteiger partial charge in [0.15, 0.2) is 0 Å². The van der Waals surface area contributed by atoms with Crippen LogP contribution in [0.4, 0.5) is 0 Å². The van der Waals surface area contributed by atoms with E-state index in [0.29, 0.717) is 12.3 Å². The first kappa shape index (κ1) is 9.92. The highest BCUT2D eigenvalue weighted by Gasteiger charge is 2.17. The summed E-state index contributed by atoms with van der Waals surface area (Å²) in [6.45, 7) is 9.19. The summed E-state index contributed by atoms with van der Waals surface area (Å²) in [5, 5.41) is 3.26. The molecular formula is C8H19NO. The minimum Gasteiger partial charge on any atom is -0.363 e. The number of hydrogen-bond acceptors (Lipinski definition) is 2. The van der Waals surface area contributed by atoms with Gasteiger partial charge in [0.25, 0.3) is 0 Å². The quantitative estimate of drug-likeness (QED) is 0.639. The monoisotopic (exact) mass is 145 g/mol. The predicted octanol–water partition coefficient (Wildman–Crippen LogP) is 1.76. The minimum absolute atomic E-state index is 0.356. The third-order valence-corrected chi connectivity index (χ3v) is 1.22. The van der Waals surface area contributed by atoms with Gasteiger partial charge in [0.1, 0.15) is 6.23 Å². The van der Waals surface area contributed by atoms with Gasteiger partial charge in [-0.25, -0.2) is 0 Å². The zero-order valence-corrected chi connectivity index (χ0v) is 7.48. The highest BCUT2D eigenvalue weighted by Crippen LogP contribution is 2.07. The van der Waals surface area contributed by atoms with E-state index in [1.165, 1.54) is 6.42 Å². The summed E-state index contributed by atoms with van der Waals surface area (Å²) in [4.78, 5) is 0. The lowest BCUT2D eigenvalue weighted by atomic mass is 10.3. The molecule has 1 unspecified atom stereocenters. The van der Waals surface area contributed by atoms with Crippen LogP contribution in [-0.4, -0.2) is 18.9 Å². The molecule has 0 amide bonds. The third-order valence-electron chi connectivity index (χ3n) is 1.22. The fourth-order valence-corrected chi connectivity index (χ4v) is 0.739. The average Bonchev–Trinajstić information content (AvgIpc) is 1.84. The molecule has 1 aliphatic rings. The largest absolute Gasteiger partial charge is 0.363 e. The first-order valence-electron chi connectivity index (χ1n) is 4.16. The first-order chi connectivity index (χ1) is 4.79. The van der Waals surface area contributed by atoms with E-state index in [-0.39, 0.29) is 0 Å². The molecule has 1 rings (SSSR count). The van der Waals surface area contributed by atoms with Gasteiger partial charge < -0.3 is 4.74 Å². The second kappa shape index (κ2) is 5.69. The molecule has 0 saturated carbocycles. The lowest BCUT2D eigenvalue weighted by molar-refractivity contribution is -0.0746. The Morgan fingerprint density at radius 2 is 1.90 bits per heavy atom. The molecular weight excluding hydrogens is 126 g/mol. The molecule has 1 N–H and O–H groups in total. The summed E-state index contributed by atoms with van der Waals surface area (Å²) in [5.41, 5.74) is 0. The van der Waals surface area contributed by atoms with E-state index in [1.807, 2.05) is 13.8 Å². The first-order valence-corrected chi connectivity index (χ1v) is 4.16. The summed E-state index contributed by atoms with van der Waals surface area (Å²) in [6, 6.07) is 0.556. The number of rotatable bonds is 2. The van der Waals surface area contributed by atoms with E-state index in [9.17, 15) is 0 Å². The number of ether oxygens (including phenoxy) is 1. The fourth-order valence-electron chi connectivity index (χ4n) is 0.739. The standard InChI is InChI=1S/C6H13NO.C2H6/c1-5(2)7-6-3-4-8-6;1-2/h5-7H,3-4H2,1-2H3;1-2H3. The van der Waals surface area contributed by atoms with Gasteiger partial charge in [-0.3, -0.25) is 5.32 Å². The van der Waals surface area contributed by atoms with Gasteiger partial charge >= 0.3 is 0 Å². The lowest BCUT2D eigenvalue weighted by Gasteiger charge is -2.29.